The van der Waals surface area contributed by atoms with Gasteiger partial charge < -0.3 is 31.6 Å². The van der Waals surface area contributed by atoms with Gasteiger partial charge in [0.2, 0.25) is 0 Å². The standard InChI is InChI=1S/C16H18N5O5P/c17-8-4-7-12(18)13-19-9-11(14(22)20-13)15(23)21-16(27(24,25)26)10-5-2-1-3-6-10/h1-9,16H,17-18H2,(H,21,23)(H,19,20,22)(H2,24,25,26)/b8-4-,12-7-. The summed E-state index contributed by atoms with van der Waals surface area (Å²) in [4.78, 5) is 49.8. The number of benzene rings is 1. The summed E-state index contributed by atoms with van der Waals surface area (Å²) in [6.07, 6.45) is 5.04. The van der Waals surface area contributed by atoms with Gasteiger partial charge in [-0.2, -0.15) is 0 Å². The molecule has 2 aromatic rings. The van der Waals surface area contributed by atoms with Crippen molar-refractivity contribution in [3.8, 4) is 0 Å². The summed E-state index contributed by atoms with van der Waals surface area (Å²) < 4.78 is 11.8. The summed E-state index contributed by atoms with van der Waals surface area (Å²) >= 11 is 0. The Hall–Kier alpha value is -3.20. The number of hydrogen-bond acceptors (Lipinski definition) is 6. The molecule has 8 N–H and O–H groups in total. The van der Waals surface area contributed by atoms with Crippen LogP contribution in [0.4, 0.5) is 0 Å². The lowest BCUT2D eigenvalue weighted by Gasteiger charge is -2.20. The number of hydrogen-bond donors (Lipinski definition) is 6. The normalized spacial score (nSPS) is 13.5. The number of carbonyl (C=O) groups is 1. The van der Waals surface area contributed by atoms with Crippen molar-refractivity contribution in [1.29, 1.82) is 0 Å². The molecule has 10 nitrogen and oxygen atoms in total. The minimum Gasteiger partial charge on any atom is -0.405 e. The zero-order valence-electron chi connectivity index (χ0n) is 13.9. The van der Waals surface area contributed by atoms with Crippen LogP contribution in [-0.2, 0) is 4.57 Å². The third-order valence-electron chi connectivity index (χ3n) is 3.42. The van der Waals surface area contributed by atoms with Gasteiger partial charge in [0.25, 0.3) is 11.5 Å². The zero-order valence-corrected chi connectivity index (χ0v) is 14.8. The average Bonchev–Trinajstić information content (AvgIpc) is 2.63. The molecule has 0 bridgehead atoms. The van der Waals surface area contributed by atoms with Crippen LogP contribution >= 0.6 is 7.60 Å². The Labute approximate surface area is 153 Å². The number of H-pyrrole nitrogens is 1. The van der Waals surface area contributed by atoms with E-state index >= 15 is 0 Å². The molecule has 142 valence electrons. The van der Waals surface area contributed by atoms with Crippen LogP contribution in [0.3, 0.4) is 0 Å². The molecule has 0 radical (unpaired) electrons. The molecule has 0 aliphatic carbocycles. The van der Waals surface area contributed by atoms with Crippen LogP contribution in [0.15, 0.2) is 59.7 Å². The second-order valence-corrected chi connectivity index (χ2v) is 7.05. The molecule has 1 amide bonds. The third-order valence-corrected chi connectivity index (χ3v) is 4.52. The van der Waals surface area contributed by atoms with Gasteiger partial charge >= 0.3 is 7.60 Å². The fraction of sp³-hybridized carbons (Fsp3) is 0.0625. The highest BCUT2D eigenvalue weighted by atomic mass is 31.2. The van der Waals surface area contributed by atoms with E-state index in [1.165, 1.54) is 30.5 Å². The van der Waals surface area contributed by atoms with Crippen LogP contribution in [-0.4, -0.2) is 25.7 Å². The van der Waals surface area contributed by atoms with Gasteiger partial charge in [0.1, 0.15) is 5.56 Å². The van der Waals surface area contributed by atoms with E-state index in [1.807, 2.05) is 0 Å². The lowest BCUT2D eigenvalue weighted by molar-refractivity contribution is 0.0941. The summed E-state index contributed by atoms with van der Waals surface area (Å²) in [7, 11) is -4.74. The summed E-state index contributed by atoms with van der Waals surface area (Å²) in [5.74, 6) is -2.58. The Morgan fingerprint density at radius 3 is 2.52 bits per heavy atom. The van der Waals surface area contributed by atoms with E-state index in [9.17, 15) is 23.9 Å². The van der Waals surface area contributed by atoms with Gasteiger partial charge in [0.05, 0.1) is 5.70 Å². The van der Waals surface area contributed by atoms with Gasteiger partial charge in [-0.1, -0.05) is 30.3 Å². The highest BCUT2D eigenvalue weighted by Crippen LogP contribution is 2.49. The number of rotatable bonds is 6. The maximum Gasteiger partial charge on any atom is 0.352 e. The summed E-state index contributed by atoms with van der Waals surface area (Å²) in [5.41, 5.74) is 9.96. The molecule has 11 heteroatoms. The van der Waals surface area contributed by atoms with E-state index in [2.05, 4.69) is 15.3 Å². The molecule has 1 heterocycles. The van der Waals surface area contributed by atoms with Gasteiger partial charge in [0.15, 0.2) is 11.6 Å². The van der Waals surface area contributed by atoms with E-state index in [0.717, 1.165) is 6.20 Å². The van der Waals surface area contributed by atoms with Crippen molar-refractivity contribution in [3.63, 3.8) is 0 Å². The van der Waals surface area contributed by atoms with Crippen LogP contribution in [0.25, 0.3) is 5.70 Å². The lowest BCUT2D eigenvalue weighted by Crippen LogP contribution is -2.33. The fourth-order valence-corrected chi connectivity index (χ4v) is 2.99. The number of aromatic nitrogens is 2. The molecule has 0 saturated heterocycles. The molecule has 0 aliphatic heterocycles. The van der Waals surface area contributed by atoms with Crippen LogP contribution < -0.4 is 22.3 Å². The van der Waals surface area contributed by atoms with Crippen molar-refractivity contribution in [2.45, 2.75) is 5.78 Å². The third kappa shape index (κ3) is 5.14. The van der Waals surface area contributed by atoms with E-state index in [1.54, 1.807) is 18.2 Å². The molecule has 0 fully saturated rings. The monoisotopic (exact) mass is 391 g/mol. The van der Waals surface area contributed by atoms with E-state index < -0.39 is 30.4 Å². The van der Waals surface area contributed by atoms with Gasteiger partial charge in [-0.3, -0.25) is 14.2 Å². The number of aromatic amines is 1. The molecule has 2 rings (SSSR count). The van der Waals surface area contributed by atoms with Gasteiger partial charge in [-0.15, -0.1) is 0 Å². The Morgan fingerprint density at radius 2 is 1.96 bits per heavy atom. The second kappa shape index (κ2) is 8.45. The second-order valence-electron chi connectivity index (χ2n) is 5.36. The molecule has 0 saturated carbocycles. The van der Waals surface area contributed by atoms with Crippen molar-refractivity contribution in [1.82, 2.24) is 15.3 Å². The molecule has 1 aromatic heterocycles. The molecule has 0 aliphatic rings. The smallest absolute Gasteiger partial charge is 0.352 e. The molecule has 1 aromatic carbocycles. The maximum absolute atomic E-state index is 12.4. The largest absolute Gasteiger partial charge is 0.405 e. The number of nitrogens with zero attached hydrogens (tertiary/aromatic N) is 1. The Bertz CT molecular complexity index is 980. The summed E-state index contributed by atoms with van der Waals surface area (Å²) in [6, 6.07) is 7.70. The lowest BCUT2D eigenvalue weighted by atomic mass is 10.2. The van der Waals surface area contributed by atoms with Crippen molar-refractivity contribution >= 4 is 19.2 Å². The van der Waals surface area contributed by atoms with Gasteiger partial charge in [-0.25, -0.2) is 4.98 Å². The van der Waals surface area contributed by atoms with Crippen LogP contribution in [0, 0.1) is 0 Å². The minimum absolute atomic E-state index is 0.0178. The predicted octanol–water partition coefficient (Wildman–Crippen LogP) is 0.148. The number of nitrogens with two attached hydrogens (primary N) is 2. The van der Waals surface area contributed by atoms with Crippen LogP contribution in [0.5, 0.6) is 0 Å². The van der Waals surface area contributed by atoms with E-state index in [-0.39, 0.29) is 17.1 Å². The predicted molar refractivity (Wildman–Crippen MR) is 99.0 cm³/mol. The number of carbonyl (C=O) groups excluding carboxylic acids is 1. The highest BCUT2D eigenvalue weighted by molar-refractivity contribution is 7.52. The fourth-order valence-electron chi connectivity index (χ4n) is 2.14. The summed E-state index contributed by atoms with van der Waals surface area (Å²) in [6.45, 7) is 0. The van der Waals surface area contributed by atoms with Crippen molar-refractivity contribution < 1.29 is 19.1 Å². The number of amides is 1. The van der Waals surface area contributed by atoms with Gasteiger partial charge in [0, 0.05) is 6.20 Å². The molecular formula is C16H18N5O5P. The molecule has 0 spiro atoms. The van der Waals surface area contributed by atoms with Gasteiger partial charge in [-0.05, 0) is 23.9 Å². The number of nitrogens with one attached hydrogen (secondary N) is 2. The highest BCUT2D eigenvalue weighted by Gasteiger charge is 2.32. The Balaban J connectivity index is 2.31. The molecule has 1 unspecified atom stereocenters. The molecule has 27 heavy (non-hydrogen) atoms. The Kier molecular flexibility index (Phi) is 6.30. The van der Waals surface area contributed by atoms with Crippen molar-refractivity contribution in [2.24, 2.45) is 11.5 Å². The van der Waals surface area contributed by atoms with Crippen molar-refractivity contribution in [3.05, 3.63) is 82.2 Å². The Morgan fingerprint density at radius 1 is 1.30 bits per heavy atom. The first-order valence-electron chi connectivity index (χ1n) is 7.58. The van der Waals surface area contributed by atoms with Crippen LogP contribution in [0.2, 0.25) is 0 Å². The quantitative estimate of drug-likeness (QED) is 0.297. The SMILES string of the molecule is N/C=C\C=C(/N)c1ncc(C(=O)NC(c2ccccc2)P(=O)(O)O)c(=O)[nH]1. The zero-order chi connectivity index (χ0) is 20.0. The molecular weight excluding hydrogens is 373 g/mol. The molecule has 1 atom stereocenters. The topological polar surface area (TPSA) is 184 Å². The number of allylic oxidation sites excluding steroid dienone is 2. The first kappa shape index (κ1) is 20.1. The minimum atomic E-state index is -4.74. The van der Waals surface area contributed by atoms with Crippen LogP contribution in [0.1, 0.15) is 27.5 Å². The van der Waals surface area contributed by atoms with Crippen molar-refractivity contribution in [2.75, 3.05) is 0 Å². The van der Waals surface area contributed by atoms with E-state index in [4.69, 9.17) is 11.5 Å². The average molecular weight is 391 g/mol. The first-order valence-corrected chi connectivity index (χ1v) is 9.27. The maximum atomic E-state index is 12.4. The summed E-state index contributed by atoms with van der Waals surface area (Å²) in [5, 5.41) is 2.18. The van der Waals surface area contributed by atoms with E-state index in [0.29, 0.717) is 0 Å². The first-order chi connectivity index (χ1) is 12.7.